The maximum Gasteiger partial charge on any atom is 0.292 e. The van der Waals surface area contributed by atoms with E-state index in [4.69, 9.17) is 9.26 Å². The summed E-state index contributed by atoms with van der Waals surface area (Å²) < 4.78 is 10.9. The van der Waals surface area contributed by atoms with E-state index in [2.05, 4.69) is 15.8 Å². The SMILES string of the molecule is Cc1noc(C)c1COc1cccc(C(=O)NCCNc2ccccc2[N+](=O)[O-])c1. The molecule has 0 spiro atoms. The highest BCUT2D eigenvalue weighted by molar-refractivity contribution is 5.94. The number of nitro groups is 1. The summed E-state index contributed by atoms with van der Waals surface area (Å²) in [4.78, 5) is 23.0. The van der Waals surface area contributed by atoms with Crippen molar-refractivity contribution in [1.82, 2.24) is 10.5 Å². The van der Waals surface area contributed by atoms with Crippen LogP contribution in [0.15, 0.2) is 53.1 Å². The third-order valence-corrected chi connectivity index (χ3v) is 4.49. The highest BCUT2D eigenvalue weighted by Gasteiger charge is 2.13. The summed E-state index contributed by atoms with van der Waals surface area (Å²) in [6, 6.07) is 13.2. The zero-order valence-corrected chi connectivity index (χ0v) is 16.7. The van der Waals surface area contributed by atoms with Gasteiger partial charge in [-0.2, -0.15) is 0 Å². The van der Waals surface area contributed by atoms with E-state index in [9.17, 15) is 14.9 Å². The monoisotopic (exact) mass is 410 g/mol. The number of aromatic nitrogens is 1. The number of hydrogen-bond acceptors (Lipinski definition) is 7. The minimum Gasteiger partial charge on any atom is -0.489 e. The molecule has 0 unspecified atom stereocenters. The lowest BCUT2D eigenvalue weighted by atomic mass is 10.2. The molecular formula is C21H22N4O5. The first-order chi connectivity index (χ1) is 14.5. The van der Waals surface area contributed by atoms with Gasteiger partial charge in [-0.15, -0.1) is 0 Å². The molecule has 2 N–H and O–H groups in total. The van der Waals surface area contributed by atoms with Gasteiger partial charge >= 0.3 is 0 Å². The lowest BCUT2D eigenvalue weighted by molar-refractivity contribution is -0.384. The quantitative estimate of drug-likeness (QED) is 0.314. The first kappa shape index (κ1) is 20.8. The standard InChI is InChI=1S/C21H22N4O5/c1-14-18(15(2)30-24-14)13-29-17-7-5-6-16(12-17)21(26)23-11-10-22-19-8-3-4-9-20(19)25(27)28/h3-9,12,22H,10-11,13H2,1-2H3,(H,23,26). The fraction of sp³-hybridized carbons (Fsp3) is 0.238. The van der Waals surface area contributed by atoms with Crippen molar-refractivity contribution in [2.45, 2.75) is 20.5 Å². The number of carbonyl (C=O) groups is 1. The molecule has 0 saturated heterocycles. The summed E-state index contributed by atoms with van der Waals surface area (Å²) in [7, 11) is 0. The molecule has 1 amide bonds. The molecule has 1 aromatic heterocycles. The van der Waals surface area contributed by atoms with Crippen LogP contribution >= 0.6 is 0 Å². The molecule has 0 aliphatic heterocycles. The van der Waals surface area contributed by atoms with E-state index in [1.165, 1.54) is 6.07 Å². The average molecular weight is 410 g/mol. The van der Waals surface area contributed by atoms with Crippen molar-refractivity contribution in [2.24, 2.45) is 0 Å². The Bertz CT molecular complexity index is 1030. The van der Waals surface area contributed by atoms with Crippen molar-refractivity contribution in [3.8, 4) is 5.75 Å². The largest absolute Gasteiger partial charge is 0.489 e. The van der Waals surface area contributed by atoms with E-state index in [-0.39, 0.29) is 11.6 Å². The Morgan fingerprint density at radius 2 is 1.97 bits per heavy atom. The number of hydrogen-bond donors (Lipinski definition) is 2. The molecular weight excluding hydrogens is 388 g/mol. The van der Waals surface area contributed by atoms with Gasteiger partial charge < -0.3 is 19.9 Å². The fourth-order valence-corrected chi connectivity index (χ4v) is 2.85. The zero-order chi connectivity index (χ0) is 21.5. The Balaban J connectivity index is 1.51. The number of para-hydroxylation sites is 2. The molecule has 0 saturated carbocycles. The van der Waals surface area contributed by atoms with Crippen LogP contribution in [0.5, 0.6) is 5.75 Å². The number of rotatable bonds is 9. The van der Waals surface area contributed by atoms with Gasteiger partial charge in [-0.05, 0) is 38.1 Å². The normalized spacial score (nSPS) is 10.5. The predicted octanol–water partition coefficient (Wildman–Crippen LogP) is 3.62. The Morgan fingerprint density at radius 3 is 2.70 bits per heavy atom. The summed E-state index contributed by atoms with van der Waals surface area (Å²) in [5, 5.41) is 20.7. The number of benzene rings is 2. The number of ether oxygens (including phenoxy) is 1. The number of nitrogens with one attached hydrogen (secondary N) is 2. The van der Waals surface area contributed by atoms with Crippen LogP contribution in [0, 0.1) is 24.0 Å². The lowest BCUT2D eigenvalue weighted by Gasteiger charge is -2.10. The average Bonchev–Trinajstić information content (AvgIpc) is 3.07. The second kappa shape index (κ2) is 9.55. The highest BCUT2D eigenvalue weighted by atomic mass is 16.6. The Hall–Kier alpha value is -3.88. The maximum atomic E-state index is 12.4. The molecule has 2 aromatic carbocycles. The molecule has 156 valence electrons. The Kier molecular flexibility index (Phi) is 6.63. The van der Waals surface area contributed by atoms with Crippen molar-refractivity contribution in [3.05, 3.63) is 81.2 Å². The third-order valence-electron chi connectivity index (χ3n) is 4.49. The van der Waals surface area contributed by atoms with E-state index in [0.717, 1.165) is 11.3 Å². The van der Waals surface area contributed by atoms with Gasteiger partial charge in [0.25, 0.3) is 11.6 Å². The Labute approximate surface area is 173 Å². The summed E-state index contributed by atoms with van der Waals surface area (Å²) in [6.07, 6.45) is 0. The van der Waals surface area contributed by atoms with Crippen LogP contribution in [-0.4, -0.2) is 29.1 Å². The minimum absolute atomic E-state index is 0.00743. The van der Waals surface area contributed by atoms with Crippen LogP contribution in [-0.2, 0) is 6.61 Å². The van der Waals surface area contributed by atoms with Gasteiger partial charge in [0.15, 0.2) is 0 Å². The zero-order valence-electron chi connectivity index (χ0n) is 16.7. The van der Waals surface area contributed by atoms with Gasteiger partial charge in [0.2, 0.25) is 0 Å². The van der Waals surface area contributed by atoms with E-state index in [1.807, 2.05) is 13.8 Å². The van der Waals surface area contributed by atoms with Crippen molar-refractivity contribution in [3.63, 3.8) is 0 Å². The number of nitro benzene ring substituents is 1. The molecule has 0 aliphatic rings. The maximum absolute atomic E-state index is 12.4. The first-order valence-corrected chi connectivity index (χ1v) is 9.36. The number of amides is 1. The van der Waals surface area contributed by atoms with Crippen LogP contribution in [0.4, 0.5) is 11.4 Å². The fourth-order valence-electron chi connectivity index (χ4n) is 2.85. The van der Waals surface area contributed by atoms with Crippen molar-refractivity contribution >= 4 is 17.3 Å². The van der Waals surface area contributed by atoms with E-state index >= 15 is 0 Å². The molecule has 30 heavy (non-hydrogen) atoms. The number of carbonyl (C=O) groups excluding carboxylic acids is 1. The predicted molar refractivity (Wildman–Crippen MR) is 111 cm³/mol. The first-order valence-electron chi connectivity index (χ1n) is 9.36. The number of nitrogens with zero attached hydrogens (tertiary/aromatic N) is 2. The van der Waals surface area contributed by atoms with Crippen molar-refractivity contribution in [1.29, 1.82) is 0 Å². The highest BCUT2D eigenvalue weighted by Crippen LogP contribution is 2.22. The lowest BCUT2D eigenvalue weighted by Crippen LogP contribution is -2.28. The molecule has 3 rings (SSSR count). The van der Waals surface area contributed by atoms with Crippen LogP contribution in [0.2, 0.25) is 0 Å². The van der Waals surface area contributed by atoms with Gasteiger partial charge in [-0.25, -0.2) is 0 Å². The van der Waals surface area contributed by atoms with Gasteiger partial charge in [0.05, 0.1) is 16.2 Å². The summed E-state index contributed by atoms with van der Waals surface area (Å²) in [5.41, 5.74) is 2.51. The summed E-state index contributed by atoms with van der Waals surface area (Å²) >= 11 is 0. The van der Waals surface area contributed by atoms with Gasteiger partial charge in [-0.3, -0.25) is 14.9 Å². The molecule has 0 atom stereocenters. The van der Waals surface area contributed by atoms with Gasteiger partial charge in [-0.1, -0.05) is 23.4 Å². The molecule has 0 fully saturated rings. The molecule has 0 bridgehead atoms. The van der Waals surface area contributed by atoms with Crippen LogP contribution < -0.4 is 15.4 Å². The van der Waals surface area contributed by atoms with E-state index < -0.39 is 4.92 Å². The molecule has 9 heteroatoms. The molecule has 0 aliphatic carbocycles. The Morgan fingerprint density at radius 1 is 1.17 bits per heavy atom. The second-order valence-electron chi connectivity index (χ2n) is 6.58. The van der Waals surface area contributed by atoms with Gasteiger partial charge in [0.1, 0.15) is 23.8 Å². The molecule has 0 radical (unpaired) electrons. The third kappa shape index (κ3) is 5.13. The number of anilines is 1. The molecule has 3 aromatic rings. The summed E-state index contributed by atoms with van der Waals surface area (Å²) in [6.45, 7) is 4.61. The van der Waals surface area contributed by atoms with Crippen LogP contribution in [0.25, 0.3) is 0 Å². The van der Waals surface area contributed by atoms with Crippen LogP contribution in [0.3, 0.4) is 0 Å². The van der Waals surface area contributed by atoms with Gasteiger partial charge in [0, 0.05) is 24.7 Å². The smallest absolute Gasteiger partial charge is 0.292 e. The summed E-state index contributed by atoms with van der Waals surface area (Å²) in [5.74, 6) is 0.996. The molecule has 9 nitrogen and oxygen atoms in total. The van der Waals surface area contributed by atoms with Crippen molar-refractivity contribution < 1.29 is 19.0 Å². The topological polar surface area (TPSA) is 120 Å². The number of aryl methyl sites for hydroxylation is 2. The van der Waals surface area contributed by atoms with Crippen LogP contribution in [0.1, 0.15) is 27.4 Å². The minimum atomic E-state index is -0.449. The van der Waals surface area contributed by atoms with Crippen molar-refractivity contribution in [2.75, 3.05) is 18.4 Å². The van der Waals surface area contributed by atoms with E-state index in [0.29, 0.717) is 42.5 Å². The second-order valence-corrected chi connectivity index (χ2v) is 6.58. The molecule has 1 heterocycles. The van der Waals surface area contributed by atoms with E-state index in [1.54, 1.807) is 42.5 Å².